The van der Waals surface area contributed by atoms with Crippen LogP contribution in [-0.4, -0.2) is 6.10 Å². The van der Waals surface area contributed by atoms with Gasteiger partial charge in [-0.15, -0.1) is 11.3 Å². The first kappa shape index (κ1) is 12.4. The van der Waals surface area contributed by atoms with Crippen molar-refractivity contribution in [2.24, 2.45) is 5.73 Å². The number of rotatable bonds is 4. The van der Waals surface area contributed by atoms with Crippen LogP contribution in [0.5, 0.6) is 5.75 Å². The fraction of sp³-hybridized carbons (Fsp3) is 0.286. The van der Waals surface area contributed by atoms with Crippen molar-refractivity contribution < 1.29 is 4.74 Å². The van der Waals surface area contributed by atoms with Gasteiger partial charge < -0.3 is 10.5 Å². The van der Waals surface area contributed by atoms with E-state index in [0.717, 1.165) is 11.3 Å². The molecule has 1 saturated carbocycles. The van der Waals surface area contributed by atoms with E-state index in [4.69, 9.17) is 10.5 Å². The monoisotopic (exact) mass is 371 g/mol. The van der Waals surface area contributed by atoms with E-state index in [9.17, 15) is 0 Å². The summed E-state index contributed by atoms with van der Waals surface area (Å²) in [6.07, 6.45) is 2.79. The lowest BCUT2D eigenvalue weighted by atomic mass is 10.0. The van der Waals surface area contributed by atoms with E-state index in [2.05, 4.69) is 46.2 Å². The zero-order valence-electron chi connectivity index (χ0n) is 9.80. The molecule has 0 amide bonds. The van der Waals surface area contributed by atoms with E-state index in [-0.39, 0.29) is 6.04 Å². The lowest BCUT2D eigenvalue weighted by molar-refractivity contribution is 0.303. The van der Waals surface area contributed by atoms with Gasteiger partial charge in [0, 0.05) is 0 Å². The Balaban J connectivity index is 1.81. The molecule has 18 heavy (non-hydrogen) atoms. The molecule has 1 unspecified atom stereocenters. The average molecular weight is 371 g/mol. The normalized spacial score (nSPS) is 16.6. The molecule has 0 aliphatic heterocycles. The van der Waals surface area contributed by atoms with Crippen LogP contribution in [0.1, 0.15) is 30.0 Å². The second-order valence-electron chi connectivity index (χ2n) is 4.55. The van der Waals surface area contributed by atoms with Crippen molar-refractivity contribution in [3.05, 3.63) is 49.7 Å². The van der Waals surface area contributed by atoms with Crippen LogP contribution < -0.4 is 10.5 Å². The molecule has 4 heteroatoms. The van der Waals surface area contributed by atoms with E-state index < -0.39 is 0 Å². The van der Waals surface area contributed by atoms with Crippen LogP contribution in [0, 0.1) is 2.88 Å². The fourth-order valence-corrected chi connectivity index (χ4v) is 3.25. The lowest BCUT2D eigenvalue weighted by Crippen LogP contribution is -2.11. The third kappa shape index (κ3) is 2.87. The van der Waals surface area contributed by atoms with E-state index in [1.807, 2.05) is 12.1 Å². The molecule has 1 atom stereocenters. The van der Waals surface area contributed by atoms with Gasteiger partial charge in [-0.05, 0) is 70.1 Å². The summed E-state index contributed by atoms with van der Waals surface area (Å²) in [7, 11) is 0. The van der Waals surface area contributed by atoms with Gasteiger partial charge in [-0.25, -0.2) is 0 Å². The Morgan fingerprint density at radius 1 is 1.28 bits per heavy atom. The summed E-state index contributed by atoms with van der Waals surface area (Å²) in [4.78, 5) is 0. The molecule has 0 radical (unpaired) electrons. The Bertz CT molecular complexity index is 550. The summed E-state index contributed by atoms with van der Waals surface area (Å²) in [5.41, 5.74) is 8.58. The van der Waals surface area contributed by atoms with Crippen molar-refractivity contribution in [2.45, 2.75) is 25.0 Å². The highest BCUT2D eigenvalue weighted by Crippen LogP contribution is 2.30. The van der Waals surface area contributed by atoms with Gasteiger partial charge in [0.05, 0.1) is 15.0 Å². The Morgan fingerprint density at radius 2 is 2.11 bits per heavy atom. The molecule has 1 heterocycles. The van der Waals surface area contributed by atoms with Crippen LogP contribution >= 0.6 is 33.9 Å². The number of nitrogens with two attached hydrogens (primary N) is 1. The number of benzene rings is 1. The molecular formula is C14H14INOS. The third-order valence-electron chi connectivity index (χ3n) is 2.99. The summed E-state index contributed by atoms with van der Waals surface area (Å²) in [6, 6.07) is 10.2. The molecule has 2 aromatic rings. The predicted molar refractivity (Wildman–Crippen MR) is 83.2 cm³/mol. The Morgan fingerprint density at radius 3 is 2.78 bits per heavy atom. The van der Waals surface area contributed by atoms with Crippen molar-refractivity contribution >= 4 is 33.9 Å². The van der Waals surface area contributed by atoms with Gasteiger partial charge in [0.1, 0.15) is 5.75 Å². The molecule has 0 bridgehead atoms. The standard InChI is InChI=1S/C14H14INOS/c15-13-7-10(8-18-13)14(16)9-2-1-3-12(6-9)17-11-4-5-11/h1-3,6-8,11,14H,4-5,16H2. The van der Waals surface area contributed by atoms with E-state index in [1.165, 1.54) is 21.3 Å². The summed E-state index contributed by atoms with van der Waals surface area (Å²) < 4.78 is 7.07. The quantitative estimate of drug-likeness (QED) is 0.827. The molecule has 2 nitrogen and oxygen atoms in total. The van der Waals surface area contributed by atoms with Crippen molar-refractivity contribution in [1.82, 2.24) is 0 Å². The Labute approximate surface area is 124 Å². The first-order valence-corrected chi connectivity index (χ1v) is 7.94. The molecule has 1 fully saturated rings. The smallest absolute Gasteiger partial charge is 0.120 e. The maximum atomic E-state index is 6.29. The molecule has 94 valence electrons. The lowest BCUT2D eigenvalue weighted by Gasteiger charge is -2.12. The number of halogens is 1. The average Bonchev–Trinajstić information content (AvgIpc) is 3.08. The minimum Gasteiger partial charge on any atom is -0.490 e. The highest BCUT2D eigenvalue weighted by atomic mass is 127. The highest BCUT2D eigenvalue weighted by Gasteiger charge is 2.23. The molecular weight excluding hydrogens is 357 g/mol. The third-order valence-corrected chi connectivity index (χ3v) is 4.80. The van der Waals surface area contributed by atoms with Crippen LogP contribution in [0.25, 0.3) is 0 Å². The number of hydrogen-bond donors (Lipinski definition) is 1. The van der Waals surface area contributed by atoms with Gasteiger partial charge in [-0.1, -0.05) is 12.1 Å². The highest BCUT2D eigenvalue weighted by molar-refractivity contribution is 14.1. The van der Waals surface area contributed by atoms with Crippen LogP contribution in [0.15, 0.2) is 35.7 Å². The fourth-order valence-electron chi connectivity index (χ4n) is 1.84. The molecule has 2 N–H and O–H groups in total. The van der Waals surface area contributed by atoms with Crippen LogP contribution in [0.2, 0.25) is 0 Å². The molecule has 1 aliphatic carbocycles. The maximum Gasteiger partial charge on any atom is 0.120 e. The van der Waals surface area contributed by atoms with E-state index in [0.29, 0.717) is 6.10 Å². The minimum atomic E-state index is -0.0625. The SMILES string of the molecule is NC(c1cccc(OC2CC2)c1)c1csc(I)c1. The maximum absolute atomic E-state index is 6.29. The van der Waals surface area contributed by atoms with Gasteiger partial charge in [0.2, 0.25) is 0 Å². The summed E-state index contributed by atoms with van der Waals surface area (Å²) >= 11 is 4.05. The van der Waals surface area contributed by atoms with Gasteiger partial charge in [-0.2, -0.15) is 0 Å². The zero-order chi connectivity index (χ0) is 12.5. The van der Waals surface area contributed by atoms with E-state index in [1.54, 1.807) is 11.3 Å². The second kappa shape index (κ2) is 5.19. The van der Waals surface area contributed by atoms with Gasteiger partial charge in [0.15, 0.2) is 0 Å². The van der Waals surface area contributed by atoms with Gasteiger partial charge in [-0.3, -0.25) is 0 Å². The Kier molecular flexibility index (Phi) is 3.59. The van der Waals surface area contributed by atoms with Crippen LogP contribution in [0.3, 0.4) is 0 Å². The first-order valence-electron chi connectivity index (χ1n) is 5.98. The molecule has 1 aromatic carbocycles. The summed E-state index contributed by atoms with van der Waals surface area (Å²) in [6.45, 7) is 0. The van der Waals surface area contributed by atoms with Crippen molar-refractivity contribution in [2.75, 3.05) is 0 Å². The van der Waals surface area contributed by atoms with Crippen molar-refractivity contribution in [3.63, 3.8) is 0 Å². The molecule has 0 saturated heterocycles. The topological polar surface area (TPSA) is 35.2 Å². The minimum absolute atomic E-state index is 0.0625. The largest absolute Gasteiger partial charge is 0.490 e. The van der Waals surface area contributed by atoms with Gasteiger partial charge >= 0.3 is 0 Å². The predicted octanol–water partition coefficient (Wildman–Crippen LogP) is 3.94. The molecule has 1 aromatic heterocycles. The van der Waals surface area contributed by atoms with Gasteiger partial charge in [0.25, 0.3) is 0 Å². The molecule has 3 rings (SSSR count). The van der Waals surface area contributed by atoms with Crippen molar-refractivity contribution in [1.29, 1.82) is 0 Å². The Hall–Kier alpha value is -0.590. The number of hydrogen-bond acceptors (Lipinski definition) is 3. The first-order chi connectivity index (χ1) is 8.72. The summed E-state index contributed by atoms with van der Waals surface area (Å²) in [5.74, 6) is 0.940. The van der Waals surface area contributed by atoms with Crippen molar-refractivity contribution in [3.8, 4) is 5.75 Å². The second-order valence-corrected chi connectivity index (χ2v) is 7.36. The number of thiophene rings is 1. The van der Waals surface area contributed by atoms with E-state index >= 15 is 0 Å². The van der Waals surface area contributed by atoms with Crippen LogP contribution in [-0.2, 0) is 0 Å². The summed E-state index contributed by atoms with van der Waals surface area (Å²) in [5, 5.41) is 2.13. The van der Waals surface area contributed by atoms with Crippen LogP contribution in [0.4, 0.5) is 0 Å². The number of ether oxygens (including phenoxy) is 1. The zero-order valence-corrected chi connectivity index (χ0v) is 12.8. The molecule has 0 spiro atoms. The molecule has 1 aliphatic rings.